The van der Waals surface area contributed by atoms with Gasteiger partial charge in [-0.1, -0.05) is 30.3 Å². The molecule has 1 N–H and O–H groups in total. The molecule has 4 aromatic rings. The van der Waals surface area contributed by atoms with Gasteiger partial charge in [0, 0.05) is 37.1 Å². The molecule has 36 heavy (non-hydrogen) atoms. The van der Waals surface area contributed by atoms with E-state index in [1.54, 1.807) is 24.3 Å². The van der Waals surface area contributed by atoms with Gasteiger partial charge < -0.3 is 14.3 Å². The Bertz CT molecular complexity index is 1380. The summed E-state index contributed by atoms with van der Waals surface area (Å²) in [6.07, 6.45) is -2.48. The lowest BCUT2D eigenvalue weighted by molar-refractivity contribution is -0.137. The van der Waals surface area contributed by atoms with E-state index in [4.69, 9.17) is 4.42 Å². The Morgan fingerprint density at radius 2 is 1.83 bits per heavy atom. The van der Waals surface area contributed by atoms with Crippen molar-refractivity contribution in [3.8, 4) is 0 Å². The second kappa shape index (κ2) is 9.66. The number of nitrogens with zero attached hydrogens (tertiary/aromatic N) is 2. The third-order valence-electron chi connectivity index (χ3n) is 6.29. The first-order valence-corrected chi connectivity index (χ1v) is 11.5. The number of aromatic nitrogens is 1. The maximum Gasteiger partial charge on any atom is 0.416 e. The number of rotatable bonds is 6. The molecule has 1 aliphatic rings. The van der Waals surface area contributed by atoms with Crippen LogP contribution in [0.1, 0.15) is 44.7 Å². The Morgan fingerprint density at radius 1 is 1.00 bits per heavy atom. The molecule has 9 heteroatoms. The van der Waals surface area contributed by atoms with E-state index in [1.807, 2.05) is 18.3 Å². The second-order valence-electron chi connectivity index (χ2n) is 8.67. The summed E-state index contributed by atoms with van der Waals surface area (Å²) in [4.78, 5) is 14.7. The zero-order chi connectivity index (χ0) is 25.3. The van der Waals surface area contributed by atoms with Gasteiger partial charge in [0.2, 0.25) is 0 Å². The van der Waals surface area contributed by atoms with Crippen LogP contribution in [0.3, 0.4) is 0 Å². The molecule has 5 nitrogen and oxygen atoms in total. The number of fused-ring (bicyclic) bond motifs is 1. The van der Waals surface area contributed by atoms with Crippen LogP contribution in [-0.4, -0.2) is 21.9 Å². The number of carbonyl (C=O) groups excluding carboxylic acids is 1. The van der Waals surface area contributed by atoms with Crippen LogP contribution in [0.2, 0.25) is 0 Å². The summed E-state index contributed by atoms with van der Waals surface area (Å²) in [7, 11) is 0. The van der Waals surface area contributed by atoms with E-state index >= 15 is 0 Å². The van der Waals surface area contributed by atoms with Crippen LogP contribution >= 0.6 is 0 Å². The highest BCUT2D eigenvalue weighted by Crippen LogP contribution is 2.35. The third-order valence-corrected chi connectivity index (χ3v) is 6.29. The summed E-state index contributed by atoms with van der Waals surface area (Å²) < 4.78 is 61.4. The Labute approximate surface area is 204 Å². The van der Waals surface area contributed by atoms with E-state index in [0.29, 0.717) is 30.0 Å². The van der Waals surface area contributed by atoms with Gasteiger partial charge in [0.25, 0.3) is 5.91 Å². The first kappa shape index (κ1) is 23.9. The Balaban J connectivity index is 1.29. The number of alkyl halides is 3. The number of amides is 1. The number of benzene rings is 2. The number of hydrogen-bond acceptors (Lipinski definition) is 3. The molecule has 5 rings (SSSR count). The van der Waals surface area contributed by atoms with Crippen LogP contribution in [0.15, 0.2) is 83.4 Å². The fourth-order valence-electron chi connectivity index (χ4n) is 4.57. The average Bonchev–Trinajstić information content (AvgIpc) is 3.53. The zero-order valence-electron chi connectivity index (χ0n) is 19.1. The van der Waals surface area contributed by atoms with E-state index < -0.39 is 17.6 Å². The van der Waals surface area contributed by atoms with Crippen molar-refractivity contribution in [2.24, 2.45) is 0 Å². The molecule has 2 aromatic carbocycles. The Kier molecular flexibility index (Phi) is 6.40. The highest BCUT2D eigenvalue weighted by molar-refractivity contribution is 5.91. The molecule has 0 spiro atoms. The van der Waals surface area contributed by atoms with Gasteiger partial charge in [0.05, 0.1) is 18.2 Å². The number of hydrogen-bond donors (Lipinski definition) is 1. The van der Waals surface area contributed by atoms with Gasteiger partial charge in [-0.25, -0.2) is 4.39 Å². The molecule has 0 aliphatic carbocycles. The molecule has 3 heterocycles. The van der Waals surface area contributed by atoms with Gasteiger partial charge in [-0.3, -0.25) is 9.69 Å². The number of halogens is 4. The summed E-state index contributed by atoms with van der Waals surface area (Å²) in [5.41, 5.74) is 1.08. The van der Waals surface area contributed by atoms with Crippen LogP contribution in [0.25, 0.3) is 0 Å². The minimum Gasteiger partial charge on any atom is -0.455 e. The Morgan fingerprint density at radius 3 is 2.64 bits per heavy atom. The van der Waals surface area contributed by atoms with Crippen molar-refractivity contribution in [2.45, 2.75) is 31.9 Å². The van der Waals surface area contributed by atoms with Gasteiger partial charge in [0.1, 0.15) is 11.6 Å². The zero-order valence-corrected chi connectivity index (χ0v) is 19.1. The first-order valence-electron chi connectivity index (χ1n) is 11.5. The van der Waals surface area contributed by atoms with Crippen LogP contribution in [0, 0.1) is 5.82 Å². The predicted molar refractivity (Wildman–Crippen MR) is 124 cm³/mol. The number of furan rings is 1. The number of carbonyl (C=O) groups is 1. The fraction of sp³-hybridized carbons (Fsp3) is 0.222. The quantitative estimate of drug-likeness (QED) is 0.344. The highest BCUT2D eigenvalue weighted by Gasteiger charge is 2.32. The van der Waals surface area contributed by atoms with Crippen LogP contribution in [0.4, 0.5) is 17.6 Å². The monoisotopic (exact) mass is 497 g/mol. The minimum atomic E-state index is -4.45. The van der Waals surface area contributed by atoms with Crippen molar-refractivity contribution in [3.63, 3.8) is 0 Å². The molecule has 1 amide bonds. The van der Waals surface area contributed by atoms with Gasteiger partial charge in [-0.15, -0.1) is 0 Å². The topological polar surface area (TPSA) is 50.4 Å². The van der Waals surface area contributed by atoms with Gasteiger partial charge in [-0.05, 0) is 48.0 Å². The van der Waals surface area contributed by atoms with Crippen LogP contribution in [-0.2, 0) is 25.8 Å². The molecule has 2 aromatic heterocycles. The fourth-order valence-corrected chi connectivity index (χ4v) is 4.57. The molecule has 0 radical (unpaired) electrons. The molecule has 0 fully saturated rings. The maximum absolute atomic E-state index is 14.7. The molecule has 0 saturated heterocycles. The van der Waals surface area contributed by atoms with Gasteiger partial charge in [-0.2, -0.15) is 13.2 Å². The van der Waals surface area contributed by atoms with E-state index in [0.717, 1.165) is 24.4 Å². The van der Waals surface area contributed by atoms with Gasteiger partial charge in [0.15, 0.2) is 5.76 Å². The normalized spacial score (nSPS) is 16.1. The molecule has 0 bridgehead atoms. The lowest BCUT2D eigenvalue weighted by Crippen LogP contribution is -2.38. The SMILES string of the molecule is O=C(NCc1cccc(C(F)(F)F)c1)c1ccc(CN2CCn3cccc3[C@H]2c2ccccc2F)o1. The lowest BCUT2D eigenvalue weighted by Gasteiger charge is -2.37. The van der Waals surface area contributed by atoms with E-state index in [-0.39, 0.29) is 24.2 Å². The van der Waals surface area contributed by atoms with E-state index in [9.17, 15) is 22.4 Å². The van der Waals surface area contributed by atoms with Crippen molar-refractivity contribution < 1.29 is 26.8 Å². The van der Waals surface area contributed by atoms with Gasteiger partial charge >= 0.3 is 6.18 Å². The molecule has 1 atom stereocenters. The average molecular weight is 497 g/mol. The van der Waals surface area contributed by atoms with E-state index in [2.05, 4.69) is 14.8 Å². The molecular formula is C27H23F4N3O2. The molecule has 0 saturated carbocycles. The summed E-state index contributed by atoms with van der Waals surface area (Å²) in [6.45, 7) is 1.67. The molecule has 1 aliphatic heterocycles. The second-order valence-corrected chi connectivity index (χ2v) is 8.67. The van der Waals surface area contributed by atoms with E-state index in [1.165, 1.54) is 24.3 Å². The smallest absolute Gasteiger partial charge is 0.416 e. The Hall–Kier alpha value is -3.85. The molecule has 186 valence electrons. The third kappa shape index (κ3) is 4.92. The van der Waals surface area contributed by atoms with Crippen molar-refractivity contribution >= 4 is 5.91 Å². The molecule has 0 unspecified atom stereocenters. The maximum atomic E-state index is 14.7. The van der Waals surface area contributed by atoms with Crippen LogP contribution in [0.5, 0.6) is 0 Å². The highest BCUT2D eigenvalue weighted by atomic mass is 19.4. The van der Waals surface area contributed by atoms with Crippen molar-refractivity contribution in [3.05, 3.63) is 119 Å². The van der Waals surface area contributed by atoms with Crippen molar-refractivity contribution in [2.75, 3.05) is 6.54 Å². The summed E-state index contributed by atoms with van der Waals surface area (Å²) >= 11 is 0. The number of nitrogens with one attached hydrogen (secondary N) is 1. The predicted octanol–water partition coefficient (Wildman–Crippen LogP) is 5.77. The largest absolute Gasteiger partial charge is 0.455 e. The standard InChI is InChI=1S/C27H23F4N3O2/c28-22-8-2-1-7-21(22)25-23-9-4-12-33(23)13-14-34(25)17-20-10-11-24(36-20)26(35)32-16-18-5-3-6-19(15-18)27(29,30)31/h1-12,15,25H,13-14,16-17H2,(H,32,35)/t25-/m1/s1. The summed E-state index contributed by atoms with van der Waals surface area (Å²) in [5.74, 6) is -0.242. The summed E-state index contributed by atoms with van der Waals surface area (Å²) in [6, 6.07) is 18.3. The molecular weight excluding hydrogens is 474 g/mol. The lowest BCUT2D eigenvalue weighted by atomic mass is 9.99. The minimum absolute atomic E-state index is 0.0554. The first-order chi connectivity index (χ1) is 17.3. The van der Waals surface area contributed by atoms with Crippen molar-refractivity contribution in [1.82, 2.24) is 14.8 Å². The summed E-state index contributed by atoms with van der Waals surface area (Å²) in [5, 5.41) is 2.60. The van der Waals surface area contributed by atoms with Crippen LogP contribution < -0.4 is 5.32 Å². The van der Waals surface area contributed by atoms with Crippen molar-refractivity contribution in [1.29, 1.82) is 0 Å².